The van der Waals surface area contributed by atoms with Crippen LogP contribution in [0, 0.1) is 12.7 Å². The maximum atomic E-state index is 13.7. The number of halogens is 1. The molecule has 1 atom stereocenters. The molecule has 2 aromatic carbocycles. The van der Waals surface area contributed by atoms with Crippen molar-refractivity contribution in [3.8, 4) is 0 Å². The molecule has 0 saturated heterocycles. The van der Waals surface area contributed by atoms with Gasteiger partial charge < -0.3 is 5.32 Å². The van der Waals surface area contributed by atoms with Gasteiger partial charge >= 0.3 is 0 Å². The molecule has 2 aromatic rings. The lowest BCUT2D eigenvalue weighted by atomic mass is 10.0. The van der Waals surface area contributed by atoms with Gasteiger partial charge in [-0.3, -0.25) is 4.79 Å². The summed E-state index contributed by atoms with van der Waals surface area (Å²) in [6.07, 6.45) is 0.753. The molecular weight excluding hydrogens is 253 g/mol. The van der Waals surface area contributed by atoms with E-state index in [-0.39, 0.29) is 17.5 Å². The molecule has 104 valence electrons. The standard InChI is InChI=1S/C17H18FNO/c1-3-16(13-7-5-4-6-8-13)19-17(20)14-11-12(2)9-10-15(14)18/h4-11,16H,3H2,1-2H3,(H,19,20). The van der Waals surface area contributed by atoms with E-state index in [1.54, 1.807) is 12.1 Å². The second kappa shape index (κ2) is 6.33. The molecule has 0 radical (unpaired) electrons. The Morgan fingerprint density at radius 1 is 1.20 bits per heavy atom. The number of nitrogens with one attached hydrogen (secondary N) is 1. The van der Waals surface area contributed by atoms with Crippen LogP contribution in [0.5, 0.6) is 0 Å². The molecule has 0 fully saturated rings. The summed E-state index contributed by atoms with van der Waals surface area (Å²) in [5.41, 5.74) is 1.99. The number of hydrogen-bond donors (Lipinski definition) is 1. The van der Waals surface area contributed by atoms with E-state index in [0.717, 1.165) is 17.5 Å². The molecule has 0 spiro atoms. The Morgan fingerprint density at radius 2 is 1.90 bits per heavy atom. The first-order chi connectivity index (χ1) is 9.61. The normalized spacial score (nSPS) is 11.9. The zero-order chi connectivity index (χ0) is 14.5. The highest BCUT2D eigenvalue weighted by Gasteiger charge is 2.16. The highest BCUT2D eigenvalue weighted by molar-refractivity contribution is 5.94. The summed E-state index contributed by atoms with van der Waals surface area (Å²) in [5, 5.41) is 2.89. The van der Waals surface area contributed by atoms with Crippen LogP contribution in [0.4, 0.5) is 4.39 Å². The molecule has 0 aliphatic rings. The quantitative estimate of drug-likeness (QED) is 0.894. The van der Waals surface area contributed by atoms with Gasteiger partial charge in [0.05, 0.1) is 11.6 Å². The fraction of sp³-hybridized carbons (Fsp3) is 0.235. The number of amides is 1. The Kier molecular flexibility index (Phi) is 4.51. The van der Waals surface area contributed by atoms with Gasteiger partial charge in [-0.1, -0.05) is 48.9 Å². The van der Waals surface area contributed by atoms with Gasteiger partial charge in [0.25, 0.3) is 5.91 Å². The molecule has 2 rings (SSSR count). The van der Waals surface area contributed by atoms with Crippen LogP contribution in [0.15, 0.2) is 48.5 Å². The van der Waals surface area contributed by atoms with Crippen LogP contribution in [0.3, 0.4) is 0 Å². The van der Waals surface area contributed by atoms with Crippen molar-refractivity contribution in [2.75, 3.05) is 0 Å². The SMILES string of the molecule is CCC(NC(=O)c1cc(C)ccc1F)c1ccccc1. The van der Waals surface area contributed by atoms with E-state index in [1.165, 1.54) is 6.07 Å². The minimum Gasteiger partial charge on any atom is -0.345 e. The maximum Gasteiger partial charge on any atom is 0.254 e. The highest BCUT2D eigenvalue weighted by Crippen LogP contribution is 2.18. The first kappa shape index (κ1) is 14.3. The van der Waals surface area contributed by atoms with E-state index in [1.807, 2.05) is 44.2 Å². The third kappa shape index (κ3) is 3.23. The first-order valence-corrected chi connectivity index (χ1v) is 6.73. The van der Waals surface area contributed by atoms with Gasteiger partial charge in [0.15, 0.2) is 0 Å². The van der Waals surface area contributed by atoms with Crippen molar-refractivity contribution in [3.63, 3.8) is 0 Å². The summed E-state index contributed by atoms with van der Waals surface area (Å²) in [4.78, 5) is 12.2. The summed E-state index contributed by atoms with van der Waals surface area (Å²) in [5.74, 6) is -0.863. The number of aryl methyl sites for hydroxylation is 1. The average molecular weight is 271 g/mol. The molecule has 2 nitrogen and oxygen atoms in total. The number of benzene rings is 2. The topological polar surface area (TPSA) is 29.1 Å². The van der Waals surface area contributed by atoms with Crippen molar-refractivity contribution < 1.29 is 9.18 Å². The summed E-state index contributed by atoms with van der Waals surface area (Å²) >= 11 is 0. The van der Waals surface area contributed by atoms with E-state index in [9.17, 15) is 9.18 Å². The van der Waals surface area contributed by atoms with E-state index < -0.39 is 5.82 Å². The second-order valence-electron chi connectivity index (χ2n) is 4.83. The van der Waals surface area contributed by atoms with E-state index in [2.05, 4.69) is 5.32 Å². The van der Waals surface area contributed by atoms with E-state index in [0.29, 0.717) is 0 Å². The van der Waals surface area contributed by atoms with Crippen LogP contribution in [0.2, 0.25) is 0 Å². The molecule has 1 N–H and O–H groups in total. The molecule has 0 saturated carbocycles. The molecule has 0 aromatic heterocycles. The molecule has 0 bridgehead atoms. The fourth-order valence-electron chi connectivity index (χ4n) is 2.16. The van der Waals surface area contributed by atoms with Gasteiger partial charge in [-0.05, 0) is 31.0 Å². The molecule has 0 aliphatic heterocycles. The van der Waals surface area contributed by atoms with Gasteiger partial charge in [-0.25, -0.2) is 4.39 Å². The molecule has 20 heavy (non-hydrogen) atoms. The molecule has 0 aliphatic carbocycles. The number of carbonyl (C=O) groups excluding carboxylic acids is 1. The fourth-order valence-corrected chi connectivity index (χ4v) is 2.16. The largest absolute Gasteiger partial charge is 0.345 e. The number of rotatable bonds is 4. The van der Waals surface area contributed by atoms with Crippen LogP contribution in [0.25, 0.3) is 0 Å². The van der Waals surface area contributed by atoms with Gasteiger partial charge in [0, 0.05) is 0 Å². The Hall–Kier alpha value is -2.16. The number of hydrogen-bond acceptors (Lipinski definition) is 1. The summed E-state index contributed by atoms with van der Waals surface area (Å²) in [6, 6.07) is 14.1. The second-order valence-corrected chi connectivity index (χ2v) is 4.83. The van der Waals surface area contributed by atoms with Crippen LogP contribution in [-0.2, 0) is 0 Å². The van der Waals surface area contributed by atoms with Crippen molar-refractivity contribution >= 4 is 5.91 Å². The summed E-state index contributed by atoms with van der Waals surface area (Å²) in [7, 11) is 0. The molecule has 0 heterocycles. The van der Waals surface area contributed by atoms with Crippen molar-refractivity contribution in [1.82, 2.24) is 5.32 Å². The van der Waals surface area contributed by atoms with Gasteiger partial charge in [0.2, 0.25) is 0 Å². The first-order valence-electron chi connectivity index (χ1n) is 6.73. The Bertz CT molecular complexity index is 595. The monoisotopic (exact) mass is 271 g/mol. The highest BCUT2D eigenvalue weighted by atomic mass is 19.1. The van der Waals surface area contributed by atoms with Gasteiger partial charge in [-0.15, -0.1) is 0 Å². The van der Waals surface area contributed by atoms with Crippen molar-refractivity contribution in [2.45, 2.75) is 26.3 Å². The lowest BCUT2D eigenvalue weighted by Gasteiger charge is -2.17. The smallest absolute Gasteiger partial charge is 0.254 e. The van der Waals surface area contributed by atoms with Crippen LogP contribution >= 0.6 is 0 Å². The van der Waals surface area contributed by atoms with Crippen molar-refractivity contribution in [1.29, 1.82) is 0 Å². The third-order valence-electron chi connectivity index (χ3n) is 3.28. The predicted octanol–water partition coefficient (Wildman–Crippen LogP) is 4.02. The van der Waals surface area contributed by atoms with Gasteiger partial charge in [-0.2, -0.15) is 0 Å². The maximum absolute atomic E-state index is 13.7. The van der Waals surface area contributed by atoms with E-state index >= 15 is 0 Å². The minimum absolute atomic E-state index is 0.0966. The molecule has 1 amide bonds. The van der Waals surface area contributed by atoms with Gasteiger partial charge in [0.1, 0.15) is 5.82 Å². The van der Waals surface area contributed by atoms with Crippen LogP contribution < -0.4 is 5.32 Å². The molecule has 1 unspecified atom stereocenters. The number of carbonyl (C=O) groups is 1. The van der Waals surface area contributed by atoms with Crippen molar-refractivity contribution in [2.24, 2.45) is 0 Å². The summed E-state index contributed by atoms with van der Waals surface area (Å²) < 4.78 is 13.7. The van der Waals surface area contributed by atoms with Crippen LogP contribution in [0.1, 0.15) is 40.9 Å². The van der Waals surface area contributed by atoms with E-state index in [4.69, 9.17) is 0 Å². The minimum atomic E-state index is -0.490. The zero-order valence-corrected chi connectivity index (χ0v) is 11.7. The lowest BCUT2D eigenvalue weighted by Crippen LogP contribution is -2.28. The predicted molar refractivity (Wildman–Crippen MR) is 78.1 cm³/mol. The molecular formula is C17H18FNO. The van der Waals surface area contributed by atoms with Crippen molar-refractivity contribution in [3.05, 3.63) is 71.0 Å². The van der Waals surface area contributed by atoms with Crippen LogP contribution in [-0.4, -0.2) is 5.91 Å². The average Bonchev–Trinajstić information content (AvgIpc) is 2.48. The Labute approximate surface area is 118 Å². The molecule has 3 heteroatoms. The lowest BCUT2D eigenvalue weighted by molar-refractivity contribution is 0.0931. The summed E-state index contributed by atoms with van der Waals surface area (Å²) in [6.45, 7) is 3.83. The Morgan fingerprint density at radius 3 is 2.55 bits per heavy atom. The Balaban J connectivity index is 2.20. The third-order valence-corrected chi connectivity index (χ3v) is 3.28. The zero-order valence-electron chi connectivity index (χ0n) is 11.7.